The average Bonchev–Trinajstić information content (AvgIpc) is 1.98. The van der Waals surface area contributed by atoms with E-state index in [1.807, 2.05) is 0 Å². The lowest BCUT2D eigenvalue weighted by atomic mass is 10.3. The summed E-state index contributed by atoms with van der Waals surface area (Å²) in [6.07, 6.45) is -0.519. The predicted octanol–water partition coefficient (Wildman–Crippen LogP) is 1.52. The minimum atomic E-state index is -1.23. The Bertz CT molecular complexity index is 113. The number of carbonyl (C=O) groups is 1. The first-order valence-corrected chi connectivity index (χ1v) is 4.67. The van der Waals surface area contributed by atoms with Gasteiger partial charge in [-0.3, -0.25) is 0 Å². The number of alkyl halides is 1. The summed E-state index contributed by atoms with van der Waals surface area (Å²) in [5.41, 5.74) is 0. The van der Waals surface area contributed by atoms with Gasteiger partial charge in [-0.25, -0.2) is 4.79 Å². The van der Waals surface area contributed by atoms with E-state index >= 15 is 0 Å². The van der Waals surface area contributed by atoms with Crippen LogP contribution in [0, 0.1) is 0 Å². The normalized spacial score (nSPS) is 12.5. The first kappa shape index (κ1) is 11.0. The summed E-state index contributed by atoms with van der Waals surface area (Å²) in [5, 5.41) is 8.11. The number of rotatable bonds is 5. The third-order valence-corrected chi connectivity index (χ3v) is 2.15. The van der Waals surface area contributed by atoms with Gasteiger partial charge in [0.2, 0.25) is 0 Å². The molecule has 0 aromatic rings. The van der Waals surface area contributed by atoms with Crippen molar-refractivity contribution in [2.75, 3.05) is 18.1 Å². The SMILES string of the molecule is COC(CI)CCOC(=O)O. The third-order valence-electron chi connectivity index (χ3n) is 1.17. The van der Waals surface area contributed by atoms with E-state index in [1.165, 1.54) is 0 Å². The Balaban J connectivity index is 3.28. The van der Waals surface area contributed by atoms with Gasteiger partial charge < -0.3 is 14.6 Å². The van der Waals surface area contributed by atoms with Crippen molar-refractivity contribution < 1.29 is 19.4 Å². The van der Waals surface area contributed by atoms with Crippen molar-refractivity contribution in [3.63, 3.8) is 0 Å². The van der Waals surface area contributed by atoms with Crippen LogP contribution >= 0.6 is 22.6 Å². The zero-order chi connectivity index (χ0) is 8.69. The van der Waals surface area contributed by atoms with Gasteiger partial charge in [0, 0.05) is 18.0 Å². The highest BCUT2D eigenvalue weighted by atomic mass is 127. The monoisotopic (exact) mass is 274 g/mol. The first-order valence-electron chi connectivity index (χ1n) is 3.15. The molecule has 0 spiro atoms. The molecule has 0 fully saturated rings. The van der Waals surface area contributed by atoms with Crippen molar-refractivity contribution in [3.8, 4) is 0 Å². The smallest absolute Gasteiger partial charge is 0.450 e. The molecule has 0 aliphatic heterocycles. The Morgan fingerprint density at radius 1 is 1.73 bits per heavy atom. The summed E-state index contributed by atoms with van der Waals surface area (Å²) in [6, 6.07) is 0. The molecular weight excluding hydrogens is 263 g/mol. The van der Waals surface area contributed by atoms with Gasteiger partial charge in [0.25, 0.3) is 0 Å². The molecule has 0 bridgehead atoms. The Morgan fingerprint density at radius 3 is 2.73 bits per heavy atom. The van der Waals surface area contributed by atoms with Crippen molar-refractivity contribution in [1.82, 2.24) is 0 Å². The second kappa shape index (κ2) is 6.66. The van der Waals surface area contributed by atoms with E-state index in [1.54, 1.807) is 7.11 Å². The Hall–Kier alpha value is -0.0400. The van der Waals surface area contributed by atoms with E-state index in [0.717, 1.165) is 4.43 Å². The maximum Gasteiger partial charge on any atom is 0.505 e. The fourth-order valence-electron chi connectivity index (χ4n) is 0.536. The number of halogens is 1. The van der Waals surface area contributed by atoms with Crippen molar-refractivity contribution in [3.05, 3.63) is 0 Å². The molecule has 0 saturated heterocycles. The average molecular weight is 274 g/mol. The summed E-state index contributed by atoms with van der Waals surface area (Å²) in [6.45, 7) is 0.205. The minimum Gasteiger partial charge on any atom is -0.450 e. The molecule has 0 saturated carbocycles. The molecule has 1 unspecified atom stereocenters. The van der Waals surface area contributed by atoms with Gasteiger partial charge in [-0.2, -0.15) is 0 Å². The summed E-state index contributed by atoms with van der Waals surface area (Å²) >= 11 is 2.18. The van der Waals surface area contributed by atoms with Crippen molar-refractivity contribution >= 4 is 28.7 Å². The lowest BCUT2D eigenvalue weighted by Crippen LogP contribution is -2.16. The maximum absolute atomic E-state index is 9.89. The lowest BCUT2D eigenvalue weighted by Gasteiger charge is -2.10. The predicted molar refractivity (Wildman–Crippen MR) is 48.3 cm³/mol. The van der Waals surface area contributed by atoms with Crippen molar-refractivity contribution in [1.29, 1.82) is 0 Å². The fraction of sp³-hybridized carbons (Fsp3) is 0.833. The lowest BCUT2D eigenvalue weighted by molar-refractivity contribution is 0.0614. The van der Waals surface area contributed by atoms with E-state index < -0.39 is 6.16 Å². The molecule has 0 aliphatic carbocycles. The van der Waals surface area contributed by atoms with E-state index in [0.29, 0.717) is 6.42 Å². The standard InChI is InChI=1S/C6H11IO4/c1-10-5(4-7)2-3-11-6(8)9/h5H,2-4H2,1H3,(H,8,9). The topological polar surface area (TPSA) is 55.8 Å². The van der Waals surface area contributed by atoms with E-state index in [9.17, 15) is 4.79 Å². The zero-order valence-electron chi connectivity index (χ0n) is 6.25. The van der Waals surface area contributed by atoms with Gasteiger partial charge in [0.05, 0.1) is 12.7 Å². The Labute approximate surface area is 79.0 Å². The van der Waals surface area contributed by atoms with Crippen LogP contribution in [-0.4, -0.2) is 35.5 Å². The highest BCUT2D eigenvalue weighted by Crippen LogP contribution is 2.01. The summed E-state index contributed by atoms with van der Waals surface area (Å²) in [7, 11) is 1.60. The van der Waals surface area contributed by atoms with Gasteiger partial charge in [-0.1, -0.05) is 22.6 Å². The van der Waals surface area contributed by atoms with Crippen LogP contribution in [0.15, 0.2) is 0 Å². The number of methoxy groups -OCH3 is 1. The molecule has 1 atom stereocenters. The minimum absolute atomic E-state index is 0.0925. The molecule has 0 aromatic carbocycles. The largest absolute Gasteiger partial charge is 0.505 e. The van der Waals surface area contributed by atoms with Crippen molar-refractivity contribution in [2.45, 2.75) is 12.5 Å². The first-order chi connectivity index (χ1) is 5.20. The second-order valence-electron chi connectivity index (χ2n) is 1.92. The van der Waals surface area contributed by atoms with Crippen LogP contribution < -0.4 is 0 Å². The molecule has 0 radical (unpaired) electrons. The van der Waals surface area contributed by atoms with E-state index in [-0.39, 0.29) is 12.7 Å². The van der Waals surface area contributed by atoms with Crippen LogP contribution in [0.1, 0.15) is 6.42 Å². The molecule has 66 valence electrons. The molecule has 11 heavy (non-hydrogen) atoms. The summed E-state index contributed by atoms with van der Waals surface area (Å²) in [5.74, 6) is 0. The fourth-order valence-corrected chi connectivity index (χ4v) is 1.34. The molecule has 0 aromatic heterocycles. The molecule has 0 rings (SSSR count). The third kappa shape index (κ3) is 6.36. The van der Waals surface area contributed by atoms with Crippen LogP contribution in [0.4, 0.5) is 4.79 Å². The van der Waals surface area contributed by atoms with Gasteiger partial charge in [-0.05, 0) is 0 Å². The summed E-state index contributed by atoms with van der Waals surface area (Å²) < 4.78 is 10.2. The molecule has 4 nitrogen and oxygen atoms in total. The second-order valence-corrected chi connectivity index (χ2v) is 2.80. The number of hydrogen-bond acceptors (Lipinski definition) is 3. The maximum atomic E-state index is 9.89. The van der Waals surface area contributed by atoms with Gasteiger partial charge >= 0.3 is 6.16 Å². The molecule has 5 heteroatoms. The van der Waals surface area contributed by atoms with Crippen LogP contribution in [0.2, 0.25) is 0 Å². The van der Waals surface area contributed by atoms with Gasteiger partial charge in [-0.15, -0.1) is 0 Å². The number of carboxylic acid groups (broad SMARTS) is 1. The molecule has 0 aliphatic rings. The highest BCUT2D eigenvalue weighted by molar-refractivity contribution is 14.1. The van der Waals surface area contributed by atoms with Crippen molar-refractivity contribution in [2.24, 2.45) is 0 Å². The molecule has 0 amide bonds. The van der Waals surface area contributed by atoms with Crippen LogP contribution in [0.5, 0.6) is 0 Å². The number of hydrogen-bond donors (Lipinski definition) is 1. The van der Waals surface area contributed by atoms with E-state index in [2.05, 4.69) is 27.3 Å². The molecular formula is C6H11IO4. The van der Waals surface area contributed by atoms with Crippen LogP contribution in [-0.2, 0) is 9.47 Å². The Kier molecular flexibility index (Phi) is 6.63. The van der Waals surface area contributed by atoms with Crippen LogP contribution in [0.3, 0.4) is 0 Å². The van der Waals surface area contributed by atoms with E-state index in [4.69, 9.17) is 9.84 Å². The zero-order valence-corrected chi connectivity index (χ0v) is 8.41. The summed E-state index contributed by atoms with van der Waals surface area (Å²) in [4.78, 5) is 9.89. The molecule has 0 heterocycles. The van der Waals surface area contributed by atoms with Gasteiger partial charge in [0.15, 0.2) is 0 Å². The highest BCUT2D eigenvalue weighted by Gasteiger charge is 2.05. The van der Waals surface area contributed by atoms with Crippen LogP contribution in [0.25, 0.3) is 0 Å². The number of ether oxygens (including phenoxy) is 2. The Morgan fingerprint density at radius 2 is 2.36 bits per heavy atom. The van der Waals surface area contributed by atoms with Gasteiger partial charge in [0.1, 0.15) is 0 Å². The molecule has 1 N–H and O–H groups in total. The quantitative estimate of drug-likeness (QED) is 0.469.